The van der Waals surface area contributed by atoms with E-state index in [9.17, 15) is 18.0 Å². The first-order valence-electron chi connectivity index (χ1n) is 8.85. The van der Waals surface area contributed by atoms with Crippen molar-refractivity contribution in [1.29, 1.82) is 0 Å². The lowest BCUT2D eigenvalue weighted by atomic mass is 10.2. The van der Waals surface area contributed by atoms with Crippen molar-refractivity contribution in [3.63, 3.8) is 0 Å². The van der Waals surface area contributed by atoms with Gasteiger partial charge in [0.2, 0.25) is 5.91 Å². The van der Waals surface area contributed by atoms with E-state index in [1.807, 2.05) is 0 Å². The summed E-state index contributed by atoms with van der Waals surface area (Å²) in [5.74, 6) is -0.746. The highest BCUT2D eigenvalue weighted by molar-refractivity contribution is 7.90. The van der Waals surface area contributed by atoms with Crippen LogP contribution in [0, 0.1) is 0 Å². The highest BCUT2D eigenvalue weighted by Gasteiger charge is 2.13. The predicted octanol–water partition coefficient (Wildman–Crippen LogP) is 1.55. The first-order chi connectivity index (χ1) is 14.2. The summed E-state index contributed by atoms with van der Waals surface area (Å²) in [5, 5.41) is 12.6. The van der Waals surface area contributed by atoms with Crippen LogP contribution in [0.2, 0.25) is 0 Å². The summed E-state index contributed by atoms with van der Waals surface area (Å²) < 4.78 is 29.6. The lowest BCUT2D eigenvalue weighted by molar-refractivity contribution is -0.142. The third kappa shape index (κ3) is 5.70. The Hall–Kier alpha value is -3.12. The van der Waals surface area contributed by atoms with Gasteiger partial charge < -0.3 is 10.1 Å². The van der Waals surface area contributed by atoms with Crippen molar-refractivity contribution in [2.75, 3.05) is 18.2 Å². The fraction of sp³-hybridized carbons (Fsp3) is 0.278. The maximum absolute atomic E-state index is 12.2. The Morgan fingerprint density at radius 2 is 2.10 bits per heavy atom. The molecule has 0 bridgehead atoms. The van der Waals surface area contributed by atoms with Gasteiger partial charge in [0.15, 0.2) is 15.0 Å². The highest BCUT2D eigenvalue weighted by atomic mass is 32.2. The first kappa shape index (κ1) is 21.6. The summed E-state index contributed by atoms with van der Waals surface area (Å²) in [6, 6.07) is 6.34. The minimum atomic E-state index is -3.34. The average molecular weight is 450 g/mol. The van der Waals surface area contributed by atoms with Crippen molar-refractivity contribution in [2.45, 2.75) is 24.8 Å². The van der Waals surface area contributed by atoms with E-state index in [0.717, 1.165) is 6.26 Å². The quantitative estimate of drug-likeness (QED) is 0.512. The number of anilines is 1. The van der Waals surface area contributed by atoms with Crippen LogP contribution in [0.4, 0.5) is 5.13 Å². The first-order valence-corrected chi connectivity index (χ1v) is 11.6. The molecule has 0 saturated carbocycles. The maximum atomic E-state index is 12.2. The molecule has 0 unspecified atom stereocenters. The number of hydrogen-bond donors (Lipinski definition) is 1. The van der Waals surface area contributed by atoms with Gasteiger partial charge in [-0.2, -0.15) is 0 Å². The monoisotopic (exact) mass is 449 g/mol. The van der Waals surface area contributed by atoms with Gasteiger partial charge in [-0.3, -0.25) is 9.59 Å². The van der Waals surface area contributed by atoms with Gasteiger partial charge in [0, 0.05) is 17.2 Å². The molecular formula is C18H19N5O5S2. The van der Waals surface area contributed by atoms with Gasteiger partial charge in [-0.1, -0.05) is 17.3 Å². The molecule has 0 radical (unpaired) electrons. The summed E-state index contributed by atoms with van der Waals surface area (Å²) >= 11 is 1.20. The fourth-order valence-electron chi connectivity index (χ4n) is 2.51. The van der Waals surface area contributed by atoms with E-state index in [4.69, 9.17) is 4.74 Å². The topological polar surface area (TPSA) is 133 Å². The van der Waals surface area contributed by atoms with Gasteiger partial charge >= 0.3 is 5.97 Å². The molecule has 1 amide bonds. The van der Waals surface area contributed by atoms with Crippen LogP contribution in [0.3, 0.4) is 0 Å². The Balaban J connectivity index is 1.62. The van der Waals surface area contributed by atoms with Gasteiger partial charge in [-0.15, -0.1) is 16.4 Å². The lowest BCUT2D eigenvalue weighted by Crippen LogP contribution is -2.19. The third-order valence-corrected chi connectivity index (χ3v) is 5.75. The van der Waals surface area contributed by atoms with Crippen molar-refractivity contribution < 1.29 is 22.7 Å². The number of carbonyl (C=O) groups is 2. The lowest BCUT2D eigenvalue weighted by Gasteiger charge is -2.02. The van der Waals surface area contributed by atoms with Crippen LogP contribution >= 0.6 is 11.3 Å². The number of rotatable bonds is 8. The zero-order chi connectivity index (χ0) is 21.7. The second-order valence-corrected chi connectivity index (χ2v) is 9.15. The summed E-state index contributed by atoms with van der Waals surface area (Å²) in [4.78, 5) is 28.1. The molecule has 0 aliphatic carbocycles. The van der Waals surface area contributed by atoms with Crippen LogP contribution in [-0.2, 0) is 37.1 Å². The summed E-state index contributed by atoms with van der Waals surface area (Å²) in [7, 11) is -3.34. The van der Waals surface area contributed by atoms with Gasteiger partial charge in [0.1, 0.15) is 12.2 Å². The Morgan fingerprint density at radius 1 is 1.30 bits per heavy atom. The molecule has 12 heteroatoms. The number of aromatic nitrogens is 4. The van der Waals surface area contributed by atoms with Crippen LogP contribution in [0.5, 0.6) is 0 Å². The molecule has 1 aromatic carbocycles. The second kappa shape index (κ2) is 9.13. The summed E-state index contributed by atoms with van der Waals surface area (Å²) in [6.45, 7) is 1.92. The Labute approximate surface area is 176 Å². The third-order valence-electron chi connectivity index (χ3n) is 3.83. The SMILES string of the molecule is CCOC(=O)Cc1csc(NC(=O)Cn2cc(-c3cccc(S(C)(=O)=O)c3)nn2)n1. The second-order valence-electron chi connectivity index (χ2n) is 6.28. The van der Waals surface area contributed by atoms with E-state index < -0.39 is 9.84 Å². The van der Waals surface area contributed by atoms with Gasteiger partial charge in [0.25, 0.3) is 0 Å². The average Bonchev–Trinajstić information content (AvgIpc) is 3.31. The molecule has 3 rings (SSSR count). The van der Waals surface area contributed by atoms with Crippen molar-refractivity contribution in [3.05, 3.63) is 41.5 Å². The minimum Gasteiger partial charge on any atom is -0.466 e. The molecule has 1 N–H and O–H groups in total. The number of carbonyl (C=O) groups excluding carboxylic acids is 2. The van der Waals surface area contributed by atoms with E-state index in [2.05, 4.69) is 20.6 Å². The van der Waals surface area contributed by atoms with Gasteiger partial charge in [-0.05, 0) is 19.1 Å². The van der Waals surface area contributed by atoms with E-state index in [1.165, 1.54) is 28.2 Å². The zero-order valence-electron chi connectivity index (χ0n) is 16.2. The van der Waals surface area contributed by atoms with Crippen LogP contribution in [0.15, 0.2) is 40.7 Å². The van der Waals surface area contributed by atoms with Gasteiger partial charge in [-0.25, -0.2) is 18.1 Å². The number of thiazole rings is 1. The molecular weight excluding hydrogens is 430 g/mol. The van der Waals surface area contributed by atoms with Crippen molar-refractivity contribution >= 4 is 38.2 Å². The number of amides is 1. The molecule has 2 aromatic heterocycles. The number of nitrogens with one attached hydrogen (secondary N) is 1. The molecule has 0 aliphatic rings. The molecule has 158 valence electrons. The van der Waals surface area contributed by atoms with Crippen LogP contribution in [0.1, 0.15) is 12.6 Å². The Bertz CT molecular complexity index is 1170. The Morgan fingerprint density at radius 3 is 2.83 bits per heavy atom. The molecule has 10 nitrogen and oxygen atoms in total. The minimum absolute atomic E-state index is 0.0409. The molecule has 30 heavy (non-hydrogen) atoms. The van der Waals surface area contributed by atoms with E-state index in [0.29, 0.717) is 28.7 Å². The molecule has 0 saturated heterocycles. The number of benzene rings is 1. The van der Waals surface area contributed by atoms with Crippen LogP contribution in [0.25, 0.3) is 11.3 Å². The molecule has 0 spiro atoms. The van der Waals surface area contributed by atoms with Crippen LogP contribution < -0.4 is 5.32 Å². The molecule has 0 fully saturated rings. The van der Waals surface area contributed by atoms with Crippen molar-refractivity contribution in [2.24, 2.45) is 0 Å². The molecule has 0 aliphatic heterocycles. The van der Waals surface area contributed by atoms with Crippen molar-refractivity contribution in [1.82, 2.24) is 20.0 Å². The summed E-state index contributed by atoms with van der Waals surface area (Å²) in [6.07, 6.45) is 2.72. The highest BCUT2D eigenvalue weighted by Crippen LogP contribution is 2.20. The number of hydrogen-bond acceptors (Lipinski definition) is 9. The van der Waals surface area contributed by atoms with E-state index in [1.54, 1.807) is 30.6 Å². The van der Waals surface area contributed by atoms with Crippen molar-refractivity contribution in [3.8, 4) is 11.3 Å². The number of nitrogens with zero attached hydrogens (tertiary/aromatic N) is 4. The zero-order valence-corrected chi connectivity index (χ0v) is 17.9. The number of esters is 1. The smallest absolute Gasteiger partial charge is 0.311 e. The largest absolute Gasteiger partial charge is 0.466 e. The maximum Gasteiger partial charge on any atom is 0.311 e. The number of ether oxygens (including phenoxy) is 1. The van der Waals surface area contributed by atoms with Gasteiger partial charge in [0.05, 0.1) is 29.8 Å². The normalized spacial score (nSPS) is 11.3. The Kier molecular flexibility index (Phi) is 6.57. The standard InChI is InChI=1S/C18H19N5O5S2/c1-3-28-17(25)8-13-11-29-18(19-13)20-16(24)10-23-9-15(21-22-23)12-5-4-6-14(7-12)30(2,26)27/h4-7,9,11H,3,8,10H2,1-2H3,(H,19,20,24). The fourth-order valence-corrected chi connectivity index (χ4v) is 3.90. The van der Waals surface area contributed by atoms with E-state index in [-0.39, 0.29) is 29.7 Å². The molecule has 3 aromatic rings. The summed E-state index contributed by atoms with van der Waals surface area (Å²) in [5.41, 5.74) is 1.54. The predicted molar refractivity (Wildman–Crippen MR) is 110 cm³/mol. The molecule has 2 heterocycles. The molecule has 0 atom stereocenters. The number of sulfone groups is 1. The van der Waals surface area contributed by atoms with Crippen LogP contribution in [-0.4, -0.2) is 53.1 Å². The van der Waals surface area contributed by atoms with E-state index >= 15 is 0 Å².